The van der Waals surface area contributed by atoms with Gasteiger partial charge in [0, 0.05) is 12.3 Å². The van der Waals surface area contributed by atoms with Crippen molar-refractivity contribution >= 4 is 18.0 Å². The SMILES string of the molecule is COC(=O)[C@H](CC(C)C)NC(=O)[C@H](Cc1ccccc1)NC(=O)OCC1c2ccccc2-c2ccccc21. The molecule has 0 unspecified atom stereocenters. The summed E-state index contributed by atoms with van der Waals surface area (Å²) in [7, 11) is 1.29. The molecule has 3 aromatic carbocycles. The summed E-state index contributed by atoms with van der Waals surface area (Å²) in [5.41, 5.74) is 5.35. The van der Waals surface area contributed by atoms with Crippen LogP contribution in [0.2, 0.25) is 0 Å². The van der Waals surface area contributed by atoms with Crippen LogP contribution in [0.5, 0.6) is 0 Å². The number of fused-ring (bicyclic) bond motifs is 3. The number of hydrogen-bond acceptors (Lipinski definition) is 5. The summed E-state index contributed by atoms with van der Waals surface area (Å²) in [6.07, 6.45) is -0.0326. The van der Waals surface area contributed by atoms with E-state index in [1.807, 2.05) is 68.4 Å². The van der Waals surface area contributed by atoms with Crippen molar-refractivity contribution in [2.45, 2.75) is 44.7 Å². The van der Waals surface area contributed by atoms with Gasteiger partial charge >= 0.3 is 12.1 Å². The molecule has 0 radical (unpaired) electrons. The fraction of sp³-hybridized carbons (Fsp3) is 0.323. The van der Waals surface area contributed by atoms with Gasteiger partial charge in [-0.25, -0.2) is 9.59 Å². The zero-order valence-electron chi connectivity index (χ0n) is 22.0. The van der Waals surface area contributed by atoms with Gasteiger partial charge in [0.2, 0.25) is 5.91 Å². The van der Waals surface area contributed by atoms with Crippen LogP contribution in [0.3, 0.4) is 0 Å². The Morgan fingerprint density at radius 1 is 0.789 bits per heavy atom. The summed E-state index contributed by atoms with van der Waals surface area (Å²) in [6.45, 7) is 4.05. The Morgan fingerprint density at radius 2 is 1.37 bits per heavy atom. The first-order valence-corrected chi connectivity index (χ1v) is 12.9. The number of amides is 2. The van der Waals surface area contributed by atoms with Crippen LogP contribution in [0.1, 0.15) is 42.9 Å². The first kappa shape index (κ1) is 26.9. The molecule has 7 nitrogen and oxygen atoms in total. The maximum absolute atomic E-state index is 13.3. The van der Waals surface area contributed by atoms with Crippen molar-refractivity contribution in [2.75, 3.05) is 13.7 Å². The van der Waals surface area contributed by atoms with Gasteiger partial charge in [-0.05, 0) is 40.2 Å². The second kappa shape index (κ2) is 12.4. The zero-order valence-corrected chi connectivity index (χ0v) is 22.0. The Morgan fingerprint density at radius 3 is 1.95 bits per heavy atom. The monoisotopic (exact) mass is 514 g/mol. The van der Waals surface area contributed by atoms with Gasteiger partial charge in [0.25, 0.3) is 0 Å². The summed E-state index contributed by atoms with van der Waals surface area (Å²) in [5, 5.41) is 5.49. The zero-order chi connectivity index (χ0) is 27.1. The molecule has 0 saturated heterocycles. The summed E-state index contributed by atoms with van der Waals surface area (Å²) in [6, 6.07) is 23.8. The highest BCUT2D eigenvalue weighted by Gasteiger charge is 2.31. The number of benzene rings is 3. The third-order valence-electron chi connectivity index (χ3n) is 6.74. The molecule has 2 atom stereocenters. The van der Waals surface area contributed by atoms with Crippen molar-refractivity contribution in [3.05, 3.63) is 95.6 Å². The molecule has 0 saturated carbocycles. The Hall–Kier alpha value is -4.13. The predicted molar refractivity (Wildman–Crippen MR) is 146 cm³/mol. The molecule has 2 amide bonds. The van der Waals surface area contributed by atoms with Gasteiger partial charge in [-0.2, -0.15) is 0 Å². The lowest BCUT2D eigenvalue weighted by molar-refractivity contribution is -0.145. The Bertz CT molecular complexity index is 1230. The summed E-state index contributed by atoms with van der Waals surface area (Å²) < 4.78 is 10.6. The van der Waals surface area contributed by atoms with Crippen LogP contribution in [0.25, 0.3) is 11.1 Å². The molecule has 0 bridgehead atoms. The fourth-order valence-electron chi connectivity index (χ4n) is 4.94. The van der Waals surface area contributed by atoms with E-state index in [4.69, 9.17) is 9.47 Å². The van der Waals surface area contributed by atoms with Crippen LogP contribution in [0, 0.1) is 5.92 Å². The predicted octanol–water partition coefficient (Wildman–Crippen LogP) is 4.84. The van der Waals surface area contributed by atoms with Crippen molar-refractivity contribution in [3.63, 3.8) is 0 Å². The van der Waals surface area contributed by atoms with E-state index < -0.39 is 30.1 Å². The van der Waals surface area contributed by atoms with E-state index in [0.29, 0.717) is 6.42 Å². The molecule has 0 aliphatic heterocycles. The highest BCUT2D eigenvalue weighted by Crippen LogP contribution is 2.44. The molecule has 3 aromatic rings. The molecule has 0 fully saturated rings. The second-order valence-electron chi connectivity index (χ2n) is 9.93. The van der Waals surface area contributed by atoms with Gasteiger partial charge in [-0.1, -0.05) is 92.7 Å². The maximum Gasteiger partial charge on any atom is 0.407 e. The van der Waals surface area contributed by atoms with Crippen molar-refractivity contribution in [1.29, 1.82) is 0 Å². The van der Waals surface area contributed by atoms with Crippen molar-refractivity contribution in [3.8, 4) is 11.1 Å². The largest absolute Gasteiger partial charge is 0.467 e. The number of rotatable bonds is 10. The molecule has 198 valence electrons. The number of esters is 1. The van der Waals surface area contributed by atoms with E-state index in [0.717, 1.165) is 27.8 Å². The third-order valence-corrected chi connectivity index (χ3v) is 6.74. The van der Waals surface area contributed by atoms with E-state index in [2.05, 4.69) is 34.9 Å². The highest BCUT2D eigenvalue weighted by atomic mass is 16.5. The van der Waals surface area contributed by atoms with E-state index >= 15 is 0 Å². The van der Waals surface area contributed by atoms with Gasteiger partial charge in [0.1, 0.15) is 18.7 Å². The minimum absolute atomic E-state index is 0.0932. The smallest absolute Gasteiger partial charge is 0.407 e. The van der Waals surface area contributed by atoms with Crippen LogP contribution < -0.4 is 10.6 Å². The van der Waals surface area contributed by atoms with E-state index in [9.17, 15) is 14.4 Å². The number of carbonyl (C=O) groups is 3. The molecule has 7 heteroatoms. The standard InChI is InChI=1S/C31H34N2O5/c1-20(2)17-28(30(35)37-3)32-29(34)27(18-21-11-5-4-6-12-21)33-31(36)38-19-26-24-15-9-7-13-22(24)23-14-8-10-16-25(23)26/h4-16,20,26-28H,17-19H2,1-3H3,(H,32,34)(H,33,36)/t27-,28-/m0/s1. The first-order valence-electron chi connectivity index (χ1n) is 12.9. The van der Waals surface area contributed by atoms with Gasteiger partial charge in [-0.15, -0.1) is 0 Å². The summed E-state index contributed by atoms with van der Waals surface area (Å²) in [4.78, 5) is 38.6. The lowest BCUT2D eigenvalue weighted by Crippen LogP contribution is -2.53. The molecule has 38 heavy (non-hydrogen) atoms. The van der Waals surface area contributed by atoms with E-state index in [1.165, 1.54) is 7.11 Å². The Kier molecular flexibility index (Phi) is 8.79. The number of carbonyl (C=O) groups excluding carboxylic acids is 3. The minimum Gasteiger partial charge on any atom is -0.467 e. The van der Waals surface area contributed by atoms with Crippen LogP contribution >= 0.6 is 0 Å². The minimum atomic E-state index is -0.938. The molecular weight excluding hydrogens is 480 g/mol. The van der Waals surface area contributed by atoms with Crippen molar-refractivity contribution in [1.82, 2.24) is 10.6 Å². The Labute approximate surface area is 223 Å². The number of alkyl carbamates (subject to hydrolysis) is 1. The molecule has 2 N–H and O–H groups in total. The number of ether oxygens (including phenoxy) is 2. The second-order valence-corrected chi connectivity index (χ2v) is 9.93. The molecular formula is C31H34N2O5. The van der Waals surface area contributed by atoms with Crippen LogP contribution in [0.15, 0.2) is 78.9 Å². The lowest BCUT2D eigenvalue weighted by atomic mass is 9.98. The van der Waals surface area contributed by atoms with Crippen LogP contribution in [-0.2, 0) is 25.5 Å². The lowest BCUT2D eigenvalue weighted by Gasteiger charge is -2.23. The van der Waals surface area contributed by atoms with Crippen molar-refractivity contribution in [2.24, 2.45) is 5.92 Å². The number of methoxy groups -OCH3 is 1. The summed E-state index contributed by atoms with van der Waals surface area (Å²) >= 11 is 0. The van der Waals surface area contributed by atoms with E-state index in [1.54, 1.807) is 0 Å². The highest BCUT2D eigenvalue weighted by molar-refractivity contribution is 5.90. The molecule has 1 aliphatic carbocycles. The number of hydrogen-bond donors (Lipinski definition) is 2. The van der Waals surface area contributed by atoms with Crippen molar-refractivity contribution < 1.29 is 23.9 Å². The van der Waals surface area contributed by atoms with Crippen LogP contribution in [0.4, 0.5) is 4.79 Å². The average Bonchev–Trinajstić information content (AvgIpc) is 3.24. The van der Waals surface area contributed by atoms with Gasteiger partial charge in [0.05, 0.1) is 7.11 Å². The van der Waals surface area contributed by atoms with Gasteiger partial charge < -0.3 is 20.1 Å². The molecule has 0 spiro atoms. The molecule has 0 aromatic heterocycles. The van der Waals surface area contributed by atoms with Crippen LogP contribution in [-0.4, -0.2) is 43.8 Å². The first-order chi connectivity index (χ1) is 18.4. The topological polar surface area (TPSA) is 93.7 Å². The van der Waals surface area contributed by atoms with Gasteiger partial charge in [-0.3, -0.25) is 4.79 Å². The van der Waals surface area contributed by atoms with E-state index in [-0.39, 0.29) is 24.9 Å². The number of nitrogens with one attached hydrogen (secondary N) is 2. The van der Waals surface area contributed by atoms with Gasteiger partial charge in [0.15, 0.2) is 0 Å². The quantitative estimate of drug-likeness (QED) is 0.378. The fourth-order valence-corrected chi connectivity index (χ4v) is 4.94. The summed E-state index contributed by atoms with van der Waals surface area (Å²) in [5.74, 6) is -0.934. The maximum atomic E-state index is 13.3. The molecule has 0 heterocycles. The normalized spacial score (nSPS) is 13.7. The third kappa shape index (κ3) is 6.40. The average molecular weight is 515 g/mol. The molecule has 1 aliphatic rings. The molecule has 4 rings (SSSR count). The Balaban J connectivity index is 1.47.